The normalized spacial score (nSPS) is 24.8. The molecule has 0 spiro atoms. The molecule has 0 aromatic heterocycles. The molecule has 0 saturated carbocycles. The number of allylic oxidation sites excluding steroid dienone is 1. The number of aromatic hydroxyl groups is 2. The van der Waals surface area contributed by atoms with Crippen molar-refractivity contribution < 1.29 is 24.5 Å². The summed E-state index contributed by atoms with van der Waals surface area (Å²) in [6.07, 6.45) is 0.244. The SMILES string of the molecule is CCO[C@H]1c2c(O)cccc2C2=C3CCC(=O)c4c(O)ccc(c43)C2[C@H]1OC. The summed E-state index contributed by atoms with van der Waals surface area (Å²) in [4.78, 5) is 12.6. The van der Waals surface area contributed by atoms with Gasteiger partial charge in [-0.2, -0.15) is 0 Å². The van der Waals surface area contributed by atoms with Crippen molar-refractivity contribution in [2.24, 2.45) is 0 Å². The van der Waals surface area contributed by atoms with Gasteiger partial charge in [-0.15, -0.1) is 0 Å². The zero-order chi connectivity index (χ0) is 19.6. The lowest BCUT2D eigenvalue weighted by atomic mass is 9.74. The number of carbonyl (C=O) groups excluding carboxylic acids is 1. The minimum absolute atomic E-state index is 0.0243. The number of benzene rings is 2. The van der Waals surface area contributed by atoms with Gasteiger partial charge in [0.05, 0.1) is 11.7 Å². The molecule has 28 heavy (non-hydrogen) atoms. The lowest BCUT2D eigenvalue weighted by Crippen LogP contribution is -2.34. The van der Waals surface area contributed by atoms with Crippen LogP contribution in [0.5, 0.6) is 11.5 Å². The molecule has 5 rings (SSSR count). The summed E-state index contributed by atoms with van der Waals surface area (Å²) >= 11 is 0. The summed E-state index contributed by atoms with van der Waals surface area (Å²) in [6, 6.07) is 9.02. The number of phenols is 2. The van der Waals surface area contributed by atoms with Crippen LogP contribution in [0, 0.1) is 0 Å². The maximum absolute atomic E-state index is 12.6. The Hall–Kier alpha value is -2.63. The number of rotatable bonds is 3. The van der Waals surface area contributed by atoms with Crippen LogP contribution in [0.2, 0.25) is 0 Å². The molecule has 0 fully saturated rings. The van der Waals surface area contributed by atoms with Crippen molar-refractivity contribution in [1.29, 1.82) is 0 Å². The lowest BCUT2D eigenvalue weighted by Gasteiger charge is -2.39. The fourth-order valence-electron chi connectivity index (χ4n) is 5.29. The van der Waals surface area contributed by atoms with Gasteiger partial charge in [0.25, 0.3) is 0 Å². The summed E-state index contributed by atoms with van der Waals surface area (Å²) in [5.41, 5.74) is 6.12. The number of ketones is 1. The van der Waals surface area contributed by atoms with Gasteiger partial charge in [0.2, 0.25) is 0 Å². The topological polar surface area (TPSA) is 76.0 Å². The predicted octanol–water partition coefficient (Wildman–Crippen LogP) is 4.19. The summed E-state index contributed by atoms with van der Waals surface area (Å²) in [5, 5.41) is 21.1. The van der Waals surface area contributed by atoms with E-state index >= 15 is 0 Å². The van der Waals surface area contributed by atoms with Crippen LogP contribution in [0.15, 0.2) is 30.3 Å². The summed E-state index contributed by atoms with van der Waals surface area (Å²) in [7, 11) is 1.66. The van der Waals surface area contributed by atoms with Gasteiger partial charge in [0.1, 0.15) is 17.6 Å². The van der Waals surface area contributed by atoms with E-state index in [0.29, 0.717) is 25.0 Å². The van der Waals surface area contributed by atoms with Crippen molar-refractivity contribution in [3.05, 3.63) is 58.1 Å². The summed E-state index contributed by atoms with van der Waals surface area (Å²) < 4.78 is 12.0. The van der Waals surface area contributed by atoms with Crippen LogP contribution < -0.4 is 0 Å². The number of carbonyl (C=O) groups is 1. The van der Waals surface area contributed by atoms with Gasteiger partial charge in [-0.1, -0.05) is 18.2 Å². The van der Waals surface area contributed by atoms with E-state index in [-0.39, 0.29) is 29.3 Å². The Labute approximate surface area is 163 Å². The Kier molecular flexibility index (Phi) is 3.86. The molecule has 5 heteroatoms. The van der Waals surface area contributed by atoms with E-state index in [1.807, 2.05) is 25.1 Å². The number of hydrogen-bond donors (Lipinski definition) is 2. The van der Waals surface area contributed by atoms with E-state index in [2.05, 4.69) is 0 Å². The van der Waals surface area contributed by atoms with Crippen molar-refractivity contribution in [1.82, 2.24) is 0 Å². The zero-order valence-corrected chi connectivity index (χ0v) is 15.9. The van der Waals surface area contributed by atoms with Gasteiger partial charge in [0, 0.05) is 31.6 Å². The first kappa shape index (κ1) is 17.5. The van der Waals surface area contributed by atoms with Crippen LogP contribution in [-0.4, -0.2) is 35.8 Å². The van der Waals surface area contributed by atoms with Gasteiger partial charge in [-0.3, -0.25) is 4.79 Å². The predicted molar refractivity (Wildman–Crippen MR) is 104 cm³/mol. The van der Waals surface area contributed by atoms with Crippen molar-refractivity contribution in [3.8, 4) is 11.5 Å². The van der Waals surface area contributed by atoms with Gasteiger partial charge in [-0.05, 0) is 53.3 Å². The van der Waals surface area contributed by atoms with Gasteiger partial charge < -0.3 is 19.7 Å². The Morgan fingerprint density at radius 1 is 1.07 bits per heavy atom. The van der Waals surface area contributed by atoms with Crippen molar-refractivity contribution in [2.75, 3.05) is 13.7 Å². The highest BCUT2D eigenvalue weighted by Crippen LogP contribution is 2.60. The highest BCUT2D eigenvalue weighted by molar-refractivity contribution is 6.14. The monoisotopic (exact) mass is 378 g/mol. The third kappa shape index (κ3) is 2.11. The molecular weight excluding hydrogens is 356 g/mol. The lowest BCUT2D eigenvalue weighted by molar-refractivity contribution is -0.0630. The molecular formula is C23H22O5. The van der Waals surface area contributed by atoms with Crippen molar-refractivity contribution in [3.63, 3.8) is 0 Å². The minimum atomic E-state index is -0.416. The van der Waals surface area contributed by atoms with Crippen LogP contribution >= 0.6 is 0 Å². The Bertz CT molecular complexity index is 1040. The van der Waals surface area contributed by atoms with Crippen LogP contribution in [0.25, 0.3) is 11.1 Å². The van der Waals surface area contributed by atoms with E-state index in [9.17, 15) is 15.0 Å². The molecule has 144 valence electrons. The first-order valence-electron chi connectivity index (χ1n) is 9.67. The molecule has 2 N–H and O–H groups in total. The molecule has 0 amide bonds. The molecule has 0 bridgehead atoms. The number of fused-ring (bicyclic) bond motifs is 4. The van der Waals surface area contributed by atoms with Gasteiger partial charge in [-0.25, -0.2) is 0 Å². The number of hydrogen-bond acceptors (Lipinski definition) is 5. The maximum atomic E-state index is 12.6. The first-order chi connectivity index (χ1) is 13.6. The largest absolute Gasteiger partial charge is 0.508 e. The highest BCUT2D eigenvalue weighted by Gasteiger charge is 2.49. The molecule has 3 aliphatic carbocycles. The molecule has 3 atom stereocenters. The number of Topliss-reactive ketones (excluding diaryl/α,β-unsaturated/α-hetero) is 1. The van der Waals surface area contributed by atoms with E-state index in [1.54, 1.807) is 19.2 Å². The quantitative estimate of drug-likeness (QED) is 0.838. The van der Waals surface area contributed by atoms with E-state index in [0.717, 1.165) is 33.4 Å². The second-order valence-electron chi connectivity index (χ2n) is 7.53. The van der Waals surface area contributed by atoms with Crippen molar-refractivity contribution in [2.45, 2.75) is 37.9 Å². The average molecular weight is 378 g/mol. The molecule has 0 saturated heterocycles. The molecule has 0 radical (unpaired) electrons. The second kappa shape index (κ2) is 6.19. The zero-order valence-electron chi connectivity index (χ0n) is 15.9. The third-order valence-corrected chi connectivity index (χ3v) is 6.27. The first-order valence-corrected chi connectivity index (χ1v) is 9.67. The molecule has 0 heterocycles. The number of ether oxygens (including phenoxy) is 2. The van der Waals surface area contributed by atoms with Gasteiger partial charge in [0.15, 0.2) is 5.78 Å². The molecule has 3 aliphatic rings. The smallest absolute Gasteiger partial charge is 0.167 e. The van der Waals surface area contributed by atoms with Gasteiger partial charge >= 0.3 is 0 Å². The molecule has 1 unspecified atom stereocenters. The Morgan fingerprint density at radius 2 is 1.89 bits per heavy atom. The number of phenolic OH excluding ortho intramolecular Hbond substituents is 2. The molecule has 2 aromatic carbocycles. The van der Waals surface area contributed by atoms with E-state index in [1.165, 1.54) is 0 Å². The molecule has 5 nitrogen and oxygen atoms in total. The average Bonchev–Trinajstić information content (AvgIpc) is 3.01. The fraction of sp³-hybridized carbons (Fsp3) is 0.348. The molecule has 2 aromatic rings. The summed E-state index contributed by atoms with van der Waals surface area (Å²) in [6.45, 7) is 2.41. The van der Waals surface area contributed by atoms with Crippen molar-refractivity contribution >= 4 is 16.9 Å². The van der Waals surface area contributed by atoms with Crippen LogP contribution in [0.1, 0.15) is 64.4 Å². The standard InChI is InChI=1S/C23H22O5/c1-3-28-23-19-11(5-4-6-14(19)24)17-12-7-9-15(25)21-16(26)10-8-13(18(12)21)20(17)22(23)27-2/h4-6,8,10,20,22-24,26H,3,7,9H2,1-2H3/t20?,22-,23+/m1/s1. The fourth-order valence-corrected chi connectivity index (χ4v) is 5.29. The second-order valence-corrected chi connectivity index (χ2v) is 7.53. The third-order valence-electron chi connectivity index (χ3n) is 6.27. The maximum Gasteiger partial charge on any atom is 0.167 e. The Morgan fingerprint density at radius 3 is 2.64 bits per heavy atom. The van der Waals surface area contributed by atoms with Crippen LogP contribution in [0.4, 0.5) is 0 Å². The highest BCUT2D eigenvalue weighted by atomic mass is 16.5. The van der Waals surface area contributed by atoms with E-state index in [4.69, 9.17) is 9.47 Å². The minimum Gasteiger partial charge on any atom is -0.508 e. The van der Waals surface area contributed by atoms with Crippen LogP contribution in [-0.2, 0) is 9.47 Å². The van der Waals surface area contributed by atoms with E-state index < -0.39 is 6.10 Å². The Balaban J connectivity index is 1.87. The van der Waals surface area contributed by atoms with Crippen LogP contribution in [0.3, 0.4) is 0 Å². The number of methoxy groups -OCH3 is 1. The molecule has 0 aliphatic heterocycles. The summed E-state index contributed by atoms with van der Waals surface area (Å²) in [5.74, 6) is 0.0945.